The number of aliphatic hydroxyl groups excluding tert-OH is 5. The number of ether oxygens (including phenoxy) is 2. The number of rotatable bonds is 6. The van der Waals surface area contributed by atoms with Crippen molar-refractivity contribution in [1.82, 2.24) is 0 Å². The van der Waals surface area contributed by atoms with E-state index in [0.717, 1.165) is 29.7 Å². The van der Waals surface area contributed by atoms with Gasteiger partial charge in [0, 0.05) is 11.4 Å². The second kappa shape index (κ2) is 10.1. The molecule has 2 aromatic rings. The molecule has 0 aromatic heterocycles. The molecule has 174 valence electrons. The third-order valence-electron chi connectivity index (χ3n) is 6.27. The van der Waals surface area contributed by atoms with Gasteiger partial charge in [-0.2, -0.15) is 0 Å². The van der Waals surface area contributed by atoms with E-state index in [1.165, 1.54) is 0 Å². The van der Waals surface area contributed by atoms with Crippen LogP contribution in [0.15, 0.2) is 42.5 Å². The van der Waals surface area contributed by atoms with Crippen molar-refractivity contribution in [3.63, 3.8) is 0 Å². The molecule has 0 amide bonds. The first kappa shape index (κ1) is 23.4. The van der Waals surface area contributed by atoms with Crippen molar-refractivity contribution in [3.8, 4) is 5.75 Å². The van der Waals surface area contributed by atoms with E-state index in [-0.39, 0.29) is 12.2 Å². The molecule has 1 aliphatic heterocycles. The molecule has 7 nitrogen and oxygen atoms in total. The van der Waals surface area contributed by atoms with Crippen LogP contribution in [0.1, 0.15) is 42.1 Å². The smallest absolute Gasteiger partial charge is 0.119 e. The minimum absolute atomic E-state index is 0.0421. The monoisotopic (exact) mass is 464 g/mol. The molecular weight excluding hydrogens is 436 g/mol. The lowest BCUT2D eigenvalue weighted by Crippen LogP contribution is -2.55. The van der Waals surface area contributed by atoms with Gasteiger partial charge in [0.05, 0.1) is 12.7 Å². The highest BCUT2D eigenvalue weighted by atomic mass is 35.5. The highest BCUT2D eigenvalue weighted by Crippen LogP contribution is 2.34. The SMILES string of the molecule is OC[C@H]1O[C@@H](c2ccc(Cl)c(Cc3ccc(O[C@@H]4CC[C@H](O)C4)cc3)c2)[C@H](O)[C@@H](O)[C@@H]1O. The minimum atomic E-state index is -1.43. The summed E-state index contributed by atoms with van der Waals surface area (Å²) >= 11 is 6.41. The number of benzene rings is 2. The molecule has 1 saturated heterocycles. The van der Waals surface area contributed by atoms with Crippen LogP contribution >= 0.6 is 11.6 Å². The van der Waals surface area contributed by atoms with Crippen molar-refractivity contribution in [2.75, 3.05) is 6.61 Å². The standard InChI is InChI=1S/C24H29ClO7/c25-19-8-3-14(24-23(30)22(29)21(28)20(12-26)32-24)10-15(19)9-13-1-5-17(6-2-13)31-18-7-4-16(27)11-18/h1-3,5-6,8,10,16,18,20-24,26-30H,4,7,9,11-12H2/t16-,18+,20+,21+,22-,23+,24-/m0/s1. The fourth-order valence-electron chi connectivity index (χ4n) is 4.41. The minimum Gasteiger partial charge on any atom is -0.490 e. The van der Waals surface area contributed by atoms with Gasteiger partial charge in [-0.05, 0) is 54.2 Å². The van der Waals surface area contributed by atoms with Crippen molar-refractivity contribution in [2.45, 2.75) is 68.4 Å². The van der Waals surface area contributed by atoms with Crippen molar-refractivity contribution < 1.29 is 35.0 Å². The van der Waals surface area contributed by atoms with E-state index in [9.17, 15) is 25.5 Å². The van der Waals surface area contributed by atoms with Crippen LogP contribution in [0, 0.1) is 0 Å². The van der Waals surface area contributed by atoms with Gasteiger partial charge in [0.15, 0.2) is 0 Å². The molecular formula is C24H29ClO7. The van der Waals surface area contributed by atoms with Gasteiger partial charge in [0.1, 0.15) is 42.4 Å². The molecule has 0 unspecified atom stereocenters. The summed E-state index contributed by atoms with van der Waals surface area (Å²) < 4.78 is 11.6. The Morgan fingerprint density at radius 3 is 2.34 bits per heavy atom. The third kappa shape index (κ3) is 5.10. The summed E-state index contributed by atoms with van der Waals surface area (Å²) in [5.74, 6) is 0.758. The molecule has 2 aliphatic rings. The summed E-state index contributed by atoms with van der Waals surface area (Å²) in [5.41, 5.74) is 2.42. The van der Waals surface area contributed by atoms with E-state index < -0.39 is 37.1 Å². The van der Waals surface area contributed by atoms with E-state index in [1.807, 2.05) is 24.3 Å². The number of aliphatic hydroxyl groups is 5. The van der Waals surface area contributed by atoms with Gasteiger partial charge >= 0.3 is 0 Å². The molecule has 32 heavy (non-hydrogen) atoms. The zero-order chi connectivity index (χ0) is 22.8. The summed E-state index contributed by atoms with van der Waals surface area (Å²) in [7, 11) is 0. The van der Waals surface area contributed by atoms with Gasteiger partial charge in [0.2, 0.25) is 0 Å². The Balaban J connectivity index is 1.47. The molecule has 2 aromatic carbocycles. The number of hydrogen-bond acceptors (Lipinski definition) is 7. The largest absolute Gasteiger partial charge is 0.490 e. The Labute approximate surface area is 191 Å². The van der Waals surface area contributed by atoms with Crippen LogP contribution < -0.4 is 4.74 Å². The van der Waals surface area contributed by atoms with Gasteiger partial charge in [-0.25, -0.2) is 0 Å². The van der Waals surface area contributed by atoms with Crippen LogP contribution in [0.25, 0.3) is 0 Å². The summed E-state index contributed by atoms with van der Waals surface area (Å²) in [6.07, 6.45) is -3.47. The summed E-state index contributed by atoms with van der Waals surface area (Å²) in [6.45, 7) is -0.476. The molecule has 8 heteroatoms. The maximum atomic E-state index is 10.4. The van der Waals surface area contributed by atoms with Crippen molar-refractivity contribution in [3.05, 3.63) is 64.2 Å². The maximum Gasteiger partial charge on any atom is 0.119 e. The van der Waals surface area contributed by atoms with Gasteiger partial charge < -0.3 is 35.0 Å². The van der Waals surface area contributed by atoms with E-state index in [4.69, 9.17) is 21.1 Å². The zero-order valence-electron chi connectivity index (χ0n) is 17.5. The Morgan fingerprint density at radius 1 is 0.938 bits per heavy atom. The molecule has 1 heterocycles. The molecule has 1 aliphatic carbocycles. The predicted molar refractivity (Wildman–Crippen MR) is 118 cm³/mol. The third-order valence-corrected chi connectivity index (χ3v) is 6.64. The molecule has 5 N–H and O–H groups in total. The van der Waals surface area contributed by atoms with Crippen molar-refractivity contribution >= 4 is 11.6 Å². The number of halogens is 1. The van der Waals surface area contributed by atoms with Crippen molar-refractivity contribution in [2.24, 2.45) is 0 Å². The van der Waals surface area contributed by atoms with Gasteiger partial charge in [-0.3, -0.25) is 0 Å². The lowest BCUT2D eigenvalue weighted by atomic mass is 9.90. The maximum absolute atomic E-state index is 10.4. The molecule has 4 rings (SSSR count). The first-order valence-electron chi connectivity index (χ1n) is 10.9. The second-order valence-corrected chi connectivity index (χ2v) is 9.03. The molecule has 0 spiro atoms. The number of hydrogen-bond donors (Lipinski definition) is 5. The summed E-state index contributed by atoms with van der Waals surface area (Å²) in [4.78, 5) is 0. The van der Waals surface area contributed by atoms with Crippen LogP contribution in [0.3, 0.4) is 0 Å². The Bertz CT molecular complexity index is 904. The van der Waals surface area contributed by atoms with E-state index >= 15 is 0 Å². The average molecular weight is 465 g/mol. The lowest BCUT2D eigenvalue weighted by Gasteiger charge is -2.40. The fraction of sp³-hybridized carbons (Fsp3) is 0.500. The lowest BCUT2D eigenvalue weighted by molar-refractivity contribution is -0.231. The van der Waals surface area contributed by atoms with E-state index in [2.05, 4.69) is 0 Å². The summed E-state index contributed by atoms with van der Waals surface area (Å²) in [5, 5.41) is 50.1. The Kier molecular flexibility index (Phi) is 7.37. The first-order chi connectivity index (χ1) is 15.4. The highest BCUT2D eigenvalue weighted by Gasteiger charge is 2.44. The average Bonchev–Trinajstić information content (AvgIpc) is 3.20. The zero-order valence-corrected chi connectivity index (χ0v) is 18.3. The normalized spacial score (nSPS) is 32.8. The molecule has 2 fully saturated rings. The summed E-state index contributed by atoms with van der Waals surface area (Å²) in [6, 6.07) is 12.9. The second-order valence-electron chi connectivity index (χ2n) is 8.63. The van der Waals surface area contributed by atoms with Crippen LogP contribution in [0.4, 0.5) is 0 Å². The van der Waals surface area contributed by atoms with E-state index in [0.29, 0.717) is 23.4 Å². The topological polar surface area (TPSA) is 120 Å². The fourth-order valence-corrected chi connectivity index (χ4v) is 4.59. The molecule has 7 atom stereocenters. The highest BCUT2D eigenvalue weighted by molar-refractivity contribution is 6.31. The molecule has 0 bridgehead atoms. The van der Waals surface area contributed by atoms with Crippen molar-refractivity contribution in [1.29, 1.82) is 0 Å². The first-order valence-corrected chi connectivity index (χ1v) is 11.3. The quantitative estimate of drug-likeness (QED) is 0.441. The van der Waals surface area contributed by atoms with Gasteiger partial charge in [-0.1, -0.05) is 35.9 Å². The molecule has 0 radical (unpaired) electrons. The van der Waals surface area contributed by atoms with Crippen LogP contribution in [0.5, 0.6) is 5.75 Å². The van der Waals surface area contributed by atoms with Crippen LogP contribution in [-0.2, 0) is 11.2 Å². The van der Waals surface area contributed by atoms with Crippen LogP contribution in [-0.4, -0.2) is 68.8 Å². The van der Waals surface area contributed by atoms with Gasteiger partial charge in [-0.15, -0.1) is 0 Å². The Hall–Kier alpha value is -1.71. The Morgan fingerprint density at radius 2 is 1.69 bits per heavy atom. The van der Waals surface area contributed by atoms with E-state index in [1.54, 1.807) is 18.2 Å². The van der Waals surface area contributed by atoms with Gasteiger partial charge in [0.25, 0.3) is 0 Å². The predicted octanol–water partition coefficient (Wildman–Crippen LogP) is 1.74. The van der Waals surface area contributed by atoms with Crippen LogP contribution in [0.2, 0.25) is 5.02 Å². The molecule has 1 saturated carbocycles.